The summed E-state index contributed by atoms with van der Waals surface area (Å²) in [5, 5.41) is 8.88. The SMILES string of the molecule is O=C(O)c1cccc(SCC(=O)c2ccc(F)cc2)c1. The minimum absolute atomic E-state index is 0.129. The van der Waals surface area contributed by atoms with Gasteiger partial charge >= 0.3 is 5.97 Å². The summed E-state index contributed by atoms with van der Waals surface area (Å²) < 4.78 is 12.7. The Labute approximate surface area is 119 Å². The molecule has 3 nitrogen and oxygen atoms in total. The number of carboxylic acid groups (broad SMARTS) is 1. The highest BCUT2D eigenvalue weighted by molar-refractivity contribution is 8.00. The number of ketones is 1. The zero-order valence-electron chi connectivity index (χ0n) is 10.4. The van der Waals surface area contributed by atoms with Gasteiger partial charge in [0.1, 0.15) is 5.82 Å². The summed E-state index contributed by atoms with van der Waals surface area (Å²) in [5.74, 6) is -1.34. The zero-order valence-corrected chi connectivity index (χ0v) is 11.2. The molecule has 2 rings (SSSR count). The molecule has 0 heterocycles. The highest BCUT2D eigenvalue weighted by Crippen LogP contribution is 2.20. The van der Waals surface area contributed by atoms with Gasteiger partial charge in [0.25, 0.3) is 0 Å². The second-order valence-corrected chi connectivity index (χ2v) is 5.10. The Hall–Kier alpha value is -2.14. The zero-order chi connectivity index (χ0) is 14.5. The number of benzene rings is 2. The van der Waals surface area contributed by atoms with Crippen LogP contribution in [-0.2, 0) is 0 Å². The molecule has 0 bridgehead atoms. The molecule has 0 aliphatic heterocycles. The highest BCUT2D eigenvalue weighted by Gasteiger charge is 2.08. The Morgan fingerprint density at radius 2 is 1.75 bits per heavy atom. The van der Waals surface area contributed by atoms with Crippen LogP contribution in [0.4, 0.5) is 4.39 Å². The number of carboxylic acids is 1. The van der Waals surface area contributed by atoms with E-state index in [1.54, 1.807) is 12.1 Å². The number of carbonyl (C=O) groups is 2. The molecule has 0 fully saturated rings. The molecule has 0 unspecified atom stereocenters. The number of aromatic carboxylic acids is 1. The second kappa shape index (κ2) is 6.34. The summed E-state index contributed by atoms with van der Waals surface area (Å²) in [6.07, 6.45) is 0. The highest BCUT2D eigenvalue weighted by atomic mass is 32.2. The van der Waals surface area contributed by atoms with Gasteiger partial charge in [-0.05, 0) is 42.5 Å². The van der Waals surface area contributed by atoms with Crippen LogP contribution in [0.25, 0.3) is 0 Å². The van der Waals surface area contributed by atoms with Crippen molar-refractivity contribution in [2.45, 2.75) is 4.90 Å². The maximum atomic E-state index is 12.7. The molecule has 0 spiro atoms. The van der Waals surface area contributed by atoms with Gasteiger partial charge in [0.15, 0.2) is 5.78 Å². The smallest absolute Gasteiger partial charge is 0.335 e. The van der Waals surface area contributed by atoms with Crippen molar-refractivity contribution in [1.82, 2.24) is 0 Å². The van der Waals surface area contributed by atoms with Crippen LogP contribution in [0, 0.1) is 5.82 Å². The van der Waals surface area contributed by atoms with Crippen molar-refractivity contribution >= 4 is 23.5 Å². The average molecular weight is 290 g/mol. The molecule has 0 aromatic heterocycles. The molecule has 20 heavy (non-hydrogen) atoms. The van der Waals surface area contributed by atoms with E-state index in [2.05, 4.69) is 0 Å². The van der Waals surface area contributed by atoms with Gasteiger partial charge in [-0.3, -0.25) is 4.79 Å². The summed E-state index contributed by atoms with van der Waals surface area (Å²) in [6.45, 7) is 0. The molecule has 2 aromatic carbocycles. The van der Waals surface area contributed by atoms with Gasteiger partial charge in [-0.15, -0.1) is 11.8 Å². The normalized spacial score (nSPS) is 10.2. The van der Waals surface area contributed by atoms with Gasteiger partial charge in [0.05, 0.1) is 11.3 Å². The maximum Gasteiger partial charge on any atom is 0.335 e. The molecule has 0 aliphatic rings. The van der Waals surface area contributed by atoms with Crippen molar-refractivity contribution in [2.75, 3.05) is 5.75 Å². The lowest BCUT2D eigenvalue weighted by atomic mass is 10.1. The van der Waals surface area contributed by atoms with Crippen LogP contribution in [0.15, 0.2) is 53.4 Å². The molecule has 0 radical (unpaired) electrons. The first-order valence-electron chi connectivity index (χ1n) is 5.81. The lowest BCUT2D eigenvalue weighted by Crippen LogP contribution is -2.02. The van der Waals surface area contributed by atoms with E-state index in [9.17, 15) is 14.0 Å². The second-order valence-electron chi connectivity index (χ2n) is 4.05. The fourth-order valence-corrected chi connectivity index (χ4v) is 2.44. The van der Waals surface area contributed by atoms with Gasteiger partial charge in [-0.25, -0.2) is 9.18 Å². The van der Waals surface area contributed by atoms with Crippen molar-refractivity contribution in [3.63, 3.8) is 0 Å². The average Bonchev–Trinajstić information content (AvgIpc) is 2.46. The van der Waals surface area contributed by atoms with Crippen LogP contribution in [0.2, 0.25) is 0 Å². The summed E-state index contributed by atoms with van der Waals surface area (Å²) >= 11 is 1.25. The third-order valence-corrected chi connectivity index (χ3v) is 3.61. The third kappa shape index (κ3) is 3.68. The van der Waals surface area contributed by atoms with Crippen LogP contribution in [0.3, 0.4) is 0 Å². The molecule has 0 aliphatic carbocycles. The Morgan fingerprint density at radius 1 is 1.05 bits per heavy atom. The molecule has 5 heteroatoms. The van der Waals surface area contributed by atoms with Crippen LogP contribution in [0.5, 0.6) is 0 Å². The Morgan fingerprint density at radius 3 is 2.40 bits per heavy atom. The fraction of sp³-hybridized carbons (Fsp3) is 0.0667. The molecular weight excluding hydrogens is 279 g/mol. The number of Topliss-reactive ketones (excluding diaryl/α,β-unsaturated/α-hetero) is 1. The first-order chi connectivity index (χ1) is 9.56. The van der Waals surface area contributed by atoms with E-state index in [4.69, 9.17) is 5.11 Å². The quantitative estimate of drug-likeness (QED) is 0.676. The van der Waals surface area contributed by atoms with Gasteiger partial charge in [-0.2, -0.15) is 0 Å². The number of halogens is 1. The summed E-state index contributed by atoms with van der Waals surface area (Å²) in [7, 11) is 0. The van der Waals surface area contributed by atoms with E-state index in [-0.39, 0.29) is 22.9 Å². The molecule has 1 N–H and O–H groups in total. The number of rotatable bonds is 5. The van der Waals surface area contributed by atoms with E-state index in [0.717, 1.165) is 0 Å². The van der Waals surface area contributed by atoms with Crippen molar-refractivity contribution in [1.29, 1.82) is 0 Å². The molecular formula is C15H11FO3S. The van der Waals surface area contributed by atoms with E-state index in [1.807, 2.05) is 0 Å². The van der Waals surface area contributed by atoms with Crippen molar-refractivity contribution in [3.05, 3.63) is 65.5 Å². The number of thioether (sulfide) groups is 1. The van der Waals surface area contributed by atoms with Crippen LogP contribution in [-0.4, -0.2) is 22.6 Å². The Bertz CT molecular complexity index is 638. The van der Waals surface area contributed by atoms with Crippen LogP contribution in [0.1, 0.15) is 20.7 Å². The van der Waals surface area contributed by atoms with Crippen molar-refractivity contribution < 1.29 is 19.1 Å². The minimum Gasteiger partial charge on any atom is -0.478 e. The van der Waals surface area contributed by atoms with Gasteiger partial charge in [-0.1, -0.05) is 6.07 Å². The maximum absolute atomic E-state index is 12.7. The summed E-state index contributed by atoms with van der Waals surface area (Å²) in [5.41, 5.74) is 0.623. The predicted octanol–water partition coefficient (Wildman–Crippen LogP) is 3.50. The summed E-state index contributed by atoms with van der Waals surface area (Å²) in [6, 6.07) is 11.7. The van der Waals surface area contributed by atoms with E-state index < -0.39 is 5.97 Å². The third-order valence-electron chi connectivity index (χ3n) is 2.62. The number of carbonyl (C=O) groups excluding carboxylic acids is 1. The number of hydrogen-bond acceptors (Lipinski definition) is 3. The Kier molecular flexibility index (Phi) is 4.53. The molecule has 0 amide bonds. The molecule has 2 aromatic rings. The molecule has 0 saturated carbocycles. The lowest BCUT2D eigenvalue weighted by Gasteiger charge is -2.03. The van der Waals surface area contributed by atoms with E-state index >= 15 is 0 Å². The van der Waals surface area contributed by atoms with Gasteiger partial charge in [0.2, 0.25) is 0 Å². The predicted molar refractivity (Wildman–Crippen MR) is 74.9 cm³/mol. The Balaban J connectivity index is 2.01. The number of hydrogen-bond donors (Lipinski definition) is 1. The van der Waals surface area contributed by atoms with Gasteiger partial charge < -0.3 is 5.11 Å². The van der Waals surface area contributed by atoms with Crippen molar-refractivity contribution in [2.24, 2.45) is 0 Å². The first-order valence-corrected chi connectivity index (χ1v) is 6.80. The lowest BCUT2D eigenvalue weighted by molar-refractivity contribution is 0.0696. The first kappa shape index (κ1) is 14.3. The van der Waals surface area contributed by atoms with E-state index in [1.165, 1.54) is 48.2 Å². The fourth-order valence-electron chi connectivity index (χ4n) is 1.59. The monoisotopic (exact) mass is 290 g/mol. The van der Waals surface area contributed by atoms with Crippen LogP contribution >= 0.6 is 11.8 Å². The molecule has 0 saturated heterocycles. The van der Waals surface area contributed by atoms with Crippen molar-refractivity contribution in [3.8, 4) is 0 Å². The molecule has 0 atom stereocenters. The standard InChI is InChI=1S/C15H11FO3S/c16-12-6-4-10(5-7-12)14(17)9-20-13-3-1-2-11(8-13)15(18)19/h1-8H,9H2,(H,18,19). The summed E-state index contributed by atoms with van der Waals surface area (Å²) in [4.78, 5) is 23.4. The largest absolute Gasteiger partial charge is 0.478 e. The van der Waals surface area contributed by atoms with Crippen LogP contribution < -0.4 is 0 Å². The van der Waals surface area contributed by atoms with Gasteiger partial charge in [0, 0.05) is 10.5 Å². The minimum atomic E-state index is -1.00. The molecule has 102 valence electrons. The topological polar surface area (TPSA) is 54.4 Å². The van der Waals surface area contributed by atoms with E-state index in [0.29, 0.717) is 10.5 Å².